The molecular weight excluding hydrogens is 335 g/mol. The summed E-state index contributed by atoms with van der Waals surface area (Å²) in [7, 11) is 1.52. The van der Waals surface area contributed by atoms with Crippen LogP contribution in [0.25, 0.3) is 0 Å². The summed E-state index contributed by atoms with van der Waals surface area (Å²) < 4.78 is 18.0. The highest BCUT2D eigenvalue weighted by molar-refractivity contribution is 6.53. The van der Waals surface area contributed by atoms with Crippen molar-refractivity contribution >= 4 is 34.8 Å². The highest BCUT2D eigenvalue weighted by atomic mass is 35.5. The number of anilines is 2. The quantitative estimate of drug-likeness (QED) is 0.863. The van der Waals surface area contributed by atoms with Crippen LogP contribution < -0.4 is 15.0 Å². The zero-order valence-electron chi connectivity index (χ0n) is 12.5. The van der Waals surface area contributed by atoms with Gasteiger partial charge in [-0.3, -0.25) is 9.59 Å². The fraction of sp³-hybridized carbons (Fsp3) is 0.0588. The van der Waals surface area contributed by atoms with E-state index in [0.717, 1.165) is 4.90 Å². The summed E-state index contributed by atoms with van der Waals surface area (Å²) >= 11 is 6.01. The lowest BCUT2D eigenvalue weighted by Gasteiger charge is -2.15. The van der Waals surface area contributed by atoms with Crippen LogP contribution >= 0.6 is 11.6 Å². The number of methoxy groups -OCH3 is 1. The van der Waals surface area contributed by atoms with Gasteiger partial charge in [-0.05, 0) is 48.5 Å². The molecule has 24 heavy (non-hydrogen) atoms. The first-order chi connectivity index (χ1) is 11.5. The minimum atomic E-state index is -0.628. The van der Waals surface area contributed by atoms with E-state index in [1.54, 1.807) is 24.3 Å². The largest absolute Gasteiger partial charge is 0.497 e. The van der Waals surface area contributed by atoms with Gasteiger partial charge in [0, 0.05) is 5.69 Å². The van der Waals surface area contributed by atoms with E-state index in [2.05, 4.69) is 5.32 Å². The fourth-order valence-corrected chi connectivity index (χ4v) is 2.47. The molecule has 7 heteroatoms. The van der Waals surface area contributed by atoms with E-state index in [4.69, 9.17) is 16.3 Å². The molecule has 0 atom stereocenters. The lowest BCUT2D eigenvalue weighted by Crippen LogP contribution is -2.32. The molecule has 0 fully saturated rings. The van der Waals surface area contributed by atoms with Crippen molar-refractivity contribution in [1.82, 2.24) is 0 Å². The van der Waals surface area contributed by atoms with Gasteiger partial charge in [0.25, 0.3) is 11.8 Å². The summed E-state index contributed by atoms with van der Waals surface area (Å²) in [6.45, 7) is 0. The lowest BCUT2D eigenvalue weighted by molar-refractivity contribution is -0.120. The van der Waals surface area contributed by atoms with E-state index in [1.165, 1.54) is 31.4 Å². The number of amides is 2. The van der Waals surface area contributed by atoms with Crippen molar-refractivity contribution in [3.8, 4) is 5.75 Å². The Labute approximate surface area is 142 Å². The number of hydrogen-bond donors (Lipinski definition) is 1. The average molecular weight is 347 g/mol. The molecular formula is C17H12ClFN2O3. The second-order valence-corrected chi connectivity index (χ2v) is 5.34. The molecule has 2 amide bonds. The second kappa shape index (κ2) is 6.33. The van der Waals surface area contributed by atoms with Crippen molar-refractivity contribution < 1.29 is 18.7 Å². The van der Waals surface area contributed by atoms with Gasteiger partial charge in [-0.1, -0.05) is 11.6 Å². The SMILES string of the molecule is COc1ccc(N2C(=O)C(Cl)=C(Nc3ccc(F)cc3)C2=O)cc1. The first-order valence-corrected chi connectivity index (χ1v) is 7.34. The highest BCUT2D eigenvalue weighted by Crippen LogP contribution is 2.30. The van der Waals surface area contributed by atoms with Crippen LogP contribution in [-0.2, 0) is 9.59 Å². The Balaban J connectivity index is 1.87. The van der Waals surface area contributed by atoms with Crippen LogP contribution in [-0.4, -0.2) is 18.9 Å². The van der Waals surface area contributed by atoms with Gasteiger partial charge >= 0.3 is 0 Å². The first-order valence-electron chi connectivity index (χ1n) is 6.96. The molecule has 1 heterocycles. The number of imide groups is 1. The van der Waals surface area contributed by atoms with Gasteiger partial charge in [-0.15, -0.1) is 0 Å². The molecule has 0 aliphatic carbocycles. The molecule has 122 valence electrons. The van der Waals surface area contributed by atoms with E-state index in [-0.39, 0.29) is 10.7 Å². The summed E-state index contributed by atoms with van der Waals surface area (Å²) in [4.78, 5) is 25.8. The number of carbonyl (C=O) groups is 2. The van der Waals surface area contributed by atoms with E-state index in [0.29, 0.717) is 17.1 Å². The molecule has 0 bridgehead atoms. The minimum Gasteiger partial charge on any atom is -0.497 e. The predicted octanol–water partition coefficient (Wildman–Crippen LogP) is 3.27. The van der Waals surface area contributed by atoms with E-state index < -0.39 is 17.6 Å². The molecule has 0 unspecified atom stereocenters. The van der Waals surface area contributed by atoms with Crippen molar-refractivity contribution in [2.75, 3.05) is 17.3 Å². The van der Waals surface area contributed by atoms with Gasteiger partial charge in [0.05, 0.1) is 12.8 Å². The first kappa shape index (κ1) is 16.0. The van der Waals surface area contributed by atoms with Crippen LogP contribution in [0.1, 0.15) is 0 Å². The van der Waals surface area contributed by atoms with Crippen LogP contribution in [0.5, 0.6) is 5.75 Å². The van der Waals surface area contributed by atoms with Crippen LogP contribution in [0.4, 0.5) is 15.8 Å². The number of benzene rings is 2. The maximum Gasteiger partial charge on any atom is 0.283 e. The Kier molecular flexibility index (Phi) is 4.22. The molecule has 0 saturated heterocycles. The summed E-state index contributed by atoms with van der Waals surface area (Å²) in [5, 5.41) is 2.54. The van der Waals surface area contributed by atoms with Crippen molar-refractivity contribution in [2.45, 2.75) is 0 Å². The summed E-state index contributed by atoms with van der Waals surface area (Å²) in [6.07, 6.45) is 0. The number of halogens is 2. The summed E-state index contributed by atoms with van der Waals surface area (Å²) in [6, 6.07) is 11.8. The average Bonchev–Trinajstić information content (AvgIpc) is 2.80. The van der Waals surface area contributed by atoms with E-state index in [1.807, 2.05) is 0 Å². The monoisotopic (exact) mass is 346 g/mol. The third kappa shape index (κ3) is 2.83. The maximum atomic E-state index is 13.0. The normalized spacial score (nSPS) is 14.4. The number of ether oxygens (including phenoxy) is 1. The maximum absolute atomic E-state index is 13.0. The molecule has 0 radical (unpaired) electrons. The third-order valence-electron chi connectivity index (χ3n) is 3.47. The molecule has 3 rings (SSSR count). The van der Waals surface area contributed by atoms with Gasteiger partial charge in [-0.2, -0.15) is 0 Å². The van der Waals surface area contributed by atoms with Crippen LogP contribution in [0, 0.1) is 5.82 Å². The number of carbonyl (C=O) groups excluding carboxylic acids is 2. The standard InChI is InChI=1S/C17H12ClFN2O3/c1-24-13-8-6-12(7-9-13)21-16(22)14(18)15(17(21)23)20-11-4-2-10(19)3-5-11/h2-9,20H,1H3. The van der Waals surface area contributed by atoms with Gasteiger partial charge in [0.2, 0.25) is 0 Å². The second-order valence-electron chi connectivity index (χ2n) is 4.96. The fourth-order valence-electron chi connectivity index (χ4n) is 2.25. The Hall–Kier alpha value is -2.86. The van der Waals surface area contributed by atoms with Gasteiger partial charge in [0.15, 0.2) is 0 Å². The predicted molar refractivity (Wildman–Crippen MR) is 88.4 cm³/mol. The number of nitrogens with one attached hydrogen (secondary N) is 1. The molecule has 2 aromatic rings. The Morgan fingerprint density at radius 1 is 1.00 bits per heavy atom. The highest BCUT2D eigenvalue weighted by Gasteiger charge is 2.38. The molecule has 0 saturated carbocycles. The molecule has 1 aliphatic rings. The van der Waals surface area contributed by atoms with Crippen LogP contribution in [0.3, 0.4) is 0 Å². The van der Waals surface area contributed by atoms with Crippen molar-refractivity contribution in [3.05, 3.63) is 65.1 Å². The van der Waals surface area contributed by atoms with Crippen molar-refractivity contribution in [2.24, 2.45) is 0 Å². The molecule has 1 aliphatic heterocycles. The molecule has 0 aromatic heterocycles. The number of nitrogens with zero attached hydrogens (tertiary/aromatic N) is 1. The van der Waals surface area contributed by atoms with Crippen molar-refractivity contribution in [1.29, 1.82) is 0 Å². The van der Waals surface area contributed by atoms with Gasteiger partial charge < -0.3 is 10.1 Å². The lowest BCUT2D eigenvalue weighted by atomic mass is 10.2. The molecule has 0 spiro atoms. The molecule has 1 N–H and O–H groups in total. The Morgan fingerprint density at radius 2 is 1.62 bits per heavy atom. The van der Waals surface area contributed by atoms with Gasteiger partial charge in [0.1, 0.15) is 22.3 Å². The third-order valence-corrected chi connectivity index (χ3v) is 3.82. The van der Waals surface area contributed by atoms with Gasteiger partial charge in [-0.25, -0.2) is 9.29 Å². The van der Waals surface area contributed by atoms with Crippen LogP contribution in [0.15, 0.2) is 59.3 Å². The summed E-state index contributed by atoms with van der Waals surface area (Å²) in [5.41, 5.74) is 0.770. The zero-order valence-corrected chi connectivity index (χ0v) is 13.3. The smallest absolute Gasteiger partial charge is 0.283 e. The van der Waals surface area contributed by atoms with E-state index >= 15 is 0 Å². The molecule has 2 aromatic carbocycles. The van der Waals surface area contributed by atoms with Crippen molar-refractivity contribution in [3.63, 3.8) is 0 Å². The number of rotatable bonds is 4. The zero-order chi connectivity index (χ0) is 17.3. The summed E-state index contributed by atoms with van der Waals surface area (Å²) in [5.74, 6) is -1.02. The van der Waals surface area contributed by atoms with E-state index in [9.17, 15) is 14.0 Å². The topological polar surface area (TPSA) is 58.6 Å². The Morgan fingerprint density at radius 3 is 2.21 bits per heavy atom. The Bertz CT molecular complexity index is 832. The number of hydrogen-bond acceptors (Lipinski definition) is 4. The molecule has 5 nitrogen and oxygen atoms in total. The minimum absolute atomic E-state index is 0.0518. The van der Waals surface area contributed by atoms with Crippen LogP contribution in [0.2, 0.25) is 0 Å².